The second-order valence-corrected chi connectivity index (χ2v) is 9.03. The molecule has 3 aromatic heterocycles. The highest BCUT2D eigenvalue weighted by Crippen LogP contribution is 2.25. The van der Waals surface area contributed by atoms with Gasteiger partial charge in [0.15, 0.2) is 11.6 Å². The standard InChI is InChI=1S/C30H30N6O3/c1-3-39-27-18-31-30(32-19-27)25-11-7-10-24(16-25)22(2)29-28(37)12-13-36(34-29)26-17-33-35(20-26)14-15-38-21-23-8-5-4-6-9-23/h4-13,16-20,22H,3,14-15,21H2,1-2H3. The first-order chi connectivity index (χ1) is 19.1. The van der Waals surface area contributed by atoms with E-state index < -0.39 is 0 Å². The van der Waals surface area contributed by atoms with E-state index >= 15 is 0 Å². The number of nitrogens with zero attached hydrogens (tertiary/aromatic N) is 6. The van der Waals surface area contributed by atoms with Gasteiger partial charge in [-0.3, -0.25) is 9.48 Å². The Morgan fingerprint density at radius 3 is 2.59 bits per heavy atom. The second-order valence-electron chi connectivity index (χ2n) is 9.03. The maximum atomic E-state index is 12.8. The second kappa shape index (κ2) is 12.3. The Hall–Kier alpha value is -4.63. The molecule has 9 heteroatoms. The maximum absolute atomic E-state index is 12.8. The number of aromatic nitrogens is 6. The zero-order valence-electron chi connectivity index (χ0n) is 22.0. The fourth-order valence-electron chi connectivity index (χ4n) is 4.19. The van der Waals surface area contributed by atoms with Crippen molar-refractivity contribution in [2.45, 2.75) is 32.9 Å². The first-order valence-electron chi connectivity index (χ1n) is 12.9. The third-order valence-corrected chi connectivity index (χ3v) is 6.29. The number of rotatable bonds is 11. The van der Waals surface area contributed by atoms with E-state index in [0.29, 0.717) is 43.6 Å². The van der Waals surface area contributed by atoms with E-state index in [2.05, 4.69) is 20.2 Å². The van der Waals surface area contributed by atoms with Gasteiger partial charge in [-0.15, -0.1) is 0 Å². The summed E-state index contributed by atoms with van der Waals surface area (Å²) in [7, 11) is 0. The highest BCUT2D eigenvalue weighted by molar-refractivity contribution is 5.57. The van der Waals surface area contributed by atoms with Crippen LogP contribution < -0.4 is 10.2 Å². The molecule has 5 rings (SSSR count). The van der Waals surface area contributed by atoms with Crippen LogP contribution in [0.4, 0.5) is 0 Å². The van der Waals surface area contributed by atoms with Crippen LogP contribution >= 0.6 is 0 Å². The van der Waals surface area contributed by atoms with E-state index in [-0.39, 0.29) is 11.3 Å². The Morgan fingerprint density at radius 1 is 0.974 bits per heavy atom. The fraction of sp³-hybridized carbons (Fsp3) is 0.233. The van der Waals surface area contributed by atoms with Crippen molar-refractivity contribution in [3.8, 4) is 22.8 Å². The molecule has 0 amide bonds. The molecule has 1 unspecified atom stereocenters. The normalized spacial score (nSPS) is 11.8. The summed E-state index contributed by atoms with van der Waals surface area (Å²) in [6, 6.07) is 19.5. The predicted molar refractivity (Wildman–Crippen MR) is 148 cm³/mol. The molecule has 0 spiro atoms. The quantitative estimate of drug-likeness (QED) is 0.233. The zero-order chi connectivity index (χ0) is 27.0. The molecule has 39 heavy (non-hydrogen) atoms. The molecule has 0 N–H and O–H groups in total. The van der Waals surface area contributed by atoms with Crippen LogP contribution in [0.2, 0.25) is 0 Å². The lowest BCUT2D eigenvalue weighted by molar-refractivity contribution is 0.111. The zero-order valence-corrected chi connectivity index (χ0v) is 22.0. The van der Waals surface area contributed by atoms with Crippen LogP contribution in [-0.2, 0) is 17.9 Å². The summed E-state index contributed by atoms with van der Waals surface area (Å²) >= 11 is 0. The van der Waals surface area contributed by atoms with Gasteiger partial charge in [0.1, 0.15) is 11.4 Å². The fourth-order valence-corrected chi connectivity index (χ4v) is 4.19. The van der Waals surface area contributed by atoms with Crippen molar-refractivity contribution in [3.05, 3.63) is 119 Å². The average molecular weight is 523 g/mol. The first kappa shape index (κ1) is 26.0. The van der Waals surface area contributed by atoms with Gasteiger partial charge in [-0.1, -0.05) is 55.5 Å². The molecule has 0 aliphatic heterocycles. The SMILES string of the molecule is CCOc1cnc(-c2cccc(C(C)c3nn(-c4cnn(CCOCc5ccccc5)c4)ccc3=O)c2)nc1. The van der Waals surface area contributed by atoms with Gasteiger partial charge >= 0.3 is 0 Å². The molecule has 2 aromatic carbocycles. The van der Waals surface area contributed by atoms with Gasteiger partial charge in [0.25, 0.3) is 0 Å². The largest absolute Gasteiger partial charge is 0.491 e. The molecule has 0 aliphatic carbocycles. The van der Waals surface area contributed by atoms with Gasteiger partial charge in [-0.2, -0.15) is 10.2 Å². The van der Waals surface area contributed by atoms with Crippen molar-refractivity contribution in [2.24, 2.45) is 0 Å². The third-order valence-electron chi connectivity index (χ3n) is 6.29. The molecular weight excluding hydrogens is 492 g/mol. The summed E-state index contributed by atoms with van der Waals surface area (Å²) in [4.78, 5) is 21.7. The molecule has 0 aliphatic rings. The van der Waals surface area contributed by atoms with Gasteiger partial charge in [0.05, 0.1) is 51.2 Å². The predicted octanol–water partition coefficient (Wildman–Crippen LogP) is 4.65. The lowest BCUT2D eigenvalue weighted by Crippen LogP contribution is -2.18. The van der Waals surface area contributed by atoms with Crippen molar-refractivity contribution in [3.63, 3.8) is 0 Å². The van der Waals surface area contributed by atoms with E-state index in [0.717, 1.165) is 22.4 Å². The highest BCUT2D eigenvalue weighted by Gasteiger charge is 2.16. The van der Waals surface area contributed by atoms with Gasteiger partial charge in [0.2, 0.25) is 5.43 Å². The number of hydrogen-bond donors (Lipinski definition) is 0. The van der Waals surface area contributed by atoms with Crippen LogP contribution in [0.3, 0.4) is 0 Å². The Morgan fingerprint density at radius 2 is 1.79 bits per heavy atom. The molecule has 3 heterocycles. The molecule has 0 fully saturated rings. The minimum Gasteiger partial charge on any atom is -0.491 e. The molecule has 198 valence electrons. The minimum atomic E-state index is -0.242. The lowest BCUT2D eigenvalue weighted by Gasteiger charge is -2.13. The van der Waals surface area contributed by atoms with Crippen LogP contribution in [0, 0.1) is 0 Å². The first-order valence-corrected chi connectivity index (χ1v) is 12.9. The van der Waals surface area contributed by atoms with Gasteiger partial charge in [0, 0.05) is 23.7 Å². The molecule has 0 saturated heterocycles. The van der Waals surface area contributed by atoms with Crippen LogP contribution in [-0.4, -0.2) is 42.7 Å². The lowest BCUT2D eigenvalue weighted by atomic mass is 9.95. The van der Waals surface area contributed by atoms with Gasteiger partial charge in [-0.05, 0) is 24.1 Å². The molecule has 0 bridgehead atoms. The summed E-state index contributed by atoms with van der Waals surface area (Å²) in [5.41, 5.74) is 4.02. The Bertz CT molecular complexity index is 1560. The maximum Gasteiger partial charge on any atom is 0.203 e. The van der Waals surface area contributed by atoms with Crippen LogP contribution in [0.5, 0.6) is 5.75 Å². The monoisotopic (exact) mass is 522 g/mol. The van der Waals surface area contributed by atoms with Crippen molar-refractivity contribution in [1.82, 2.24) is 29.5 Å². The Labute approximate surface area is 226 Å². The van der Waals surface area contributed by atoms with Crippen molar-refractivity contribution in [1.29, 1.82) is 0 Å². The molecule has 0 radical (unpaired) electrons. The van der Waals surface area contributed by atoms with Gasteiger partial charge in [-0.25, -0.2) is 14.6 Å². The van der Waals surface area contributed by atoms with Crippen LogP contribution in [0.1, 0.15) is 36.6 Å². The summed E-state index contributed by atoms with van der Waals surface area (Å²) in [5.74, 6) is 0.975. The molecule has 5 aromatic rings. The topological polar surface area (TPSA) is 97.0 Å². The van der Waals surface area contributed by atoms with E-state index in [1.54, 1.807) is 35.5 Å². The summed E-state index contributed by atoms with van der Waals surface area (Å²) in [6.45, 7) is 6.14. The van der Waals surface area contributed by atoms with E-state index in [1.165, 1.54) is 0 Å². The number of hydrogen-bond acceptors (Lipinski definition) is 7. The highest BCUT2D eigenvalue weighted by atomic mass is 16.5. The van der Waals surface area contributed by atoms with Crippen molar-refractivity contribution < 1.29 is 9.47 Å². The van der Waals surface area contributed by atoms with Crippen LogP contribution in [0.25, 0.3) is 17.1 Å². The molecule has 9 nitrogen and oxygen atoms in total. The molecule has 1 atom stereocenters. The van der Waals surface area contributed by atoms with Crippen LogP contribution in [0.15, 0.2) is 96.4 Å². The summed E-state index contributed by atoms with van der Waals surface area (Å²) < 4.78 is 14.7. The number of benzene rings is 2. The van der Waals surface area contributed by atoms with E-state index in [9.17, 15) is 4.79 Å². The molecular formula is C30H30N6O3. The van der Waals surface area contributed by atoms with Crippen molar-refractivity contribution in [2.75, 3.05) is 13.2 Å². The number of ether oxygens (including phenoxy) is 2. The summed E-state index contributed by atoms with van der Waals surface area (Å²) in [6.07, 6.45) is 8.61. The third kappa shape index (κ3) is 6.45. The Balaban J connectivity index is 1.28. The Kier molecular flexibility index (Phi) is 8.18. The van der Waals surface area contributed by atoms with E-state index in [4.69, 9.17) is 9.47 Å². The minimum absolute atomic E-state index is 0.122. The van der Waals surface area contributed by atoms with Crippen molar-refractivity contribution >= 4 is 0 Å². The molecule has 0 saturated carbocycles. The summed E-state index contributed by atoms with van der Waals surface area (Å²) in [5, 5.41) is 9.10. The average Bonchev–Trinajstić information content (AvgIpc) is 3.45. The van der Waals surface area contributed by atoms with E-state index in [1.807, 2.05) is 79.3 Å². The van der Waals surface area contributed by atoms with Gasteiger partial charge < -0.3 is 9.47 Å². The smallest absolute Gasteiger partial charge is 0.203 e.